The zero-order valence-electron chi connectivity index (χ0n) is 16.5. The van der Waals surface area contributed by atoms with Crippen molar-refractivity contribution in [2.45, 2.75) is 70.4 Å². The molecular formula is C21H32O6. The molecule has 1 N–H and O–H groups in total. The molecule has 5 aliphatic rings. The molecule has 6 nitrogen and oxygen atoms in total. The number of carboxylic acid groups (broad SMARTS) is 1. The molecule has 5 atom stereocenters. The highest BCUT2D eigenvalue weighted by molar-refractivity contribution is 5.68. The average molecular weight is 380 g/mol. The van der Waals surface area contributed by atoms with Crippen molar-refractivity contribution in [2.75, 3.05) is 26.4 Å². The Bertz CT molecular complexity index is 622. The number of aliphatic carboxylic acids is 1. The molecule has 0 amide bonds. The van der Waals surface area contributed by atoms with Gasteiger partial charge in [-0.05, 0) is 43.4 Å². The number of fused-ring (bicyclic) bond motifs is 4. The standard InChI is InChI=1S/C21H32O6/c1-18-6-4-16-14(15(18)5-8-20(18)24-9-10-25-20)3-7-21(26-11-12-27-21)19(16,2)13-17(22)23/h14-16H,3-13H2,1-2H3,(H,22,23). The van der Waals surface area contributed by atoms with E-state index in [1.54, 1.807) is 0 Å². The van der Waals surface area contributed by atoms with E-state index in [0.717, 1.165) is 38.5 Å². The van der Waals surface area contributed by atoms with E-state index >= 15 is 0 Å². The van der Waals surface area contributed by atoms with Crippen LogP contribution >= 0.6 is 0 Å². The van der Waals surface area contributed by atoms with Gasteiger partial charge in [0.15, 0.2) is 11.6 Å². The number of rotatable bonds is 2. The second kappa shape index (κ2) is 5.91. The average Bonchev–Trinajstić information content (AvgIpc) is 3.33. The Labute approximate surface area is 160 Å². The third-order valence-corrected chi connectivity index (χ3v) is 9.00. The lowest BCUT2D eigenvalue weighted by atomic mass is 9.47. The van der Waals surface area contributed by atoms with Gasteiger partial charge in [-0.2, -0.15) is 0 Å². The Hall–Kier alpha value is -0.690. The predicted molar refractivity (Wildman–Crippen MR) is 95.9 cm³/mol. The Morgan fingerprint density at radius 3 is 2.04 bits per heavy atom. The highest BCUT2D eigenvalue weighted by atomic mass is 16.7. The van der Waals surface area contributed by atoms with Gasteiger partial charge in [0.1, 0.15) is 0 Å². The van der Waals surface area contributed by atoms with Crippen LogP contribution < -0.4 is 0 Å². The first-order chi connectivity index (χ1) is 12.9. The van der Waals surface area contributed by atoms with Gasteiger partial charge < -0.3 is 24.1 Å². The monoisotopic (exact) mass is 380 g/mol. The number of hydrogen-bond donors (Lipinski definition) is 1. The smallest absolute Gasteiger partial charge is 0.304 e. The predicted octanol–water partition coefficient (Wildman–Crippen LogP) is 3.19. The van der Waals surface area contributed by atoms with Gasteiger partial charge >= 0.3 is 5.97 Å². The summed E-state index contributed by atoms with van der Waals surface area (Å²) in [5, 5.41) is 9.72. The summed E-state index contributed by atoms with van der Waals surface area (Å²) >= 11 is 0. The molecule has 0 aromatic carbocycles. The summed E-state index contributed by atoms with van der Waals surface area (Å²) < 4.78 is 24.7. The second-order valence-corrected chi connectivity index (χ2v) is 9.80. The van der Waals surface area contributed by atoms with E-state index in [2.05, 4.69) is 13.8 Å². The van der Waals surface area contributed by atoms with Crippen LogP contribution in [0.1, 0.15) is 58.8 Å². The third-order valence-electron chi connectivity index (χ3n) is 9.00. The maximum Gasteiger partial charge on any atom is 0.304 e. The molecule has 6 heteroatoms. The molecule has 0 aromatic heterocycles. The van der Waals surface area contributed by atoms with Gasteiger partial charge in [0.2, 0.25) is 0 Å². The molecule has 2 heterocycles. The highest BCUT2D eigenvalue weighted by Gasteiger charge is 2.70. The first-order valence-electron chi connectivity index (χ1n) is 10.6. The van der Waals surface area contributed by atoms with Crippen molar-refractivity contribution < 1.29 is 28.8 Å². The normalized spacial score (nSPS) is 47.3. The molecule has 5 unspecified atom stereocenters. The number of carboxylic acids is 1. The molecule has 3 saturated carbocycles. The van der Waals surface area contributed by atoms with Crippen molar-refractivity contribution >= 4 is 5.97 Å². The number of carbonyl (C=O) groups is 1. The summed E-state index contributed by atoms with van der Waals surface area (Å²) in [5.74, 6) is -0.594. The molecular weight excluding hydrogens is 348 g/mol. The van der Waals surface area contributed by atoms with E-state index in [4.69, 9.17) is 18.9 Å². The summed E-state index contributed by atoms with van der Waals surface area (Å²) in [7, 11) is 0. The molecule has 5 rings (SSSR count). The second-order valence-electron chi connectivity index (χ2n) is 9.80. The van der Waals surface area contributed by atoms with Crippen LogP contribution in [0.4, 0.5) is 0 Å². The molecule has 0 radical (unpaired) electrons. The van der Waals surface area contributed by atoms with Crippen molar-refractivity contribution in [3.8, 4) is 0 Å². The van der Waals surface area contributed by atoms with E-state index in [1.807, 2.05) is 0 Å². The number of hydrogen-bond acceptors (Lipinski definition) is 5. The molecule has 2 spiro atoms. The maximum absolute atomic E-state index is 11.8. The van der Waals surface area contributed by atoms with Gasteiger partial charge in [0, 0.05) is 23.7 Å². The fraction of sp³-hybridized carbons (Fsp3) is 0.952. The van der Waals surface area contributed by atoms with Crippen LogP contribution in [0.25, 0.3) is 0 Å². The summed E-state index contributed by atoms with van der Waals surface area (Å²) in [6, 6.07) is 0. The first kappa shape index (κ1) is 18.3. The highest BCUT2D eigenvalue weighted by Crippen LogP contribution is 2.69. The van der Waals surface area contributed by atoms with Crippen molar-refractivity contribution in [1.82, 2.24) is 0 Å². The van der Waals surface area contributed by atoms with Gasteiger partial charge in [0.05, 0.1) is 32.8 Å². The Balaban J connectivity index is 1.50. The van der Waals surface area contributed by atoms with Crippen LogP contribution in [0.3, 0.4) is 0 Å². The minimum atomic E-state index is -0.754. The zero-order valence-corrected chi connectivity index (χ0v) is 16.5. The maximum atomic E-state index is 11.8. The molecule has 0 bridgehead atoms. The molecule has 152 valence electrons. The Kier molecular flexibility index (Phi) is 4.02. The fourth-order valence-electron chi connectivity index (χ4n) is 7.80. The Morgan fingerprint density at radius 1 is 0.852 bits per heavy atom. The molecule has 27 heavy (non-hydrogen) atoms. The molecule has 5 fully saturated rings. The van der Waals surface area contributed by atoms with Gasteiger partial charge in [-0.15, -0.1) is 0 Å². The molecule has 0 aromatic rings. The lowest BCUT2D eigenvalue weighted by Crippen LogP contribution is -2.62. The first-order valence-corrected chi connectivity index (χ1v) is 10.6. The molecule has 2 aliphatic heterocycles. The summed E-state index contributed by atoms with van der Waals surface area (Å²) in [6.45, 7) is 6.99. The SMILES string of the molecule is CC12CCC3C(CCC4(OCCO4)C3(C)CC(=O)O)C1CCC21OCCO1. The molecule has 3 aliphatic carbocycles. The largest absolute Gasteiger partial charge is 0.481 e. The van der Waals surface area contributed by atoms with Crippen LogP contribution in [-0.4, -0.2) is 49.1 Å². The van der Waals surface area contributed by atoms with Crippen LogP contribution in [-0.2, 0) is 23.7 Å². The van der Waals surface area contributed by atoms with Crippen molar-refractivity contribution in [3.63, 3.8) is 0 Å². The van der Waals surface area contributed by atoms with E-state index in [1.165, 1.54) is 0 Å². The summed E-state index contributed by atoms with van der Waals surface area (Å²) in [5.41, 5.74) is -0.469. The van der Waals surface area contributed by atoms with E-state index in [9.17, 15) is 9.90 Å². The van der Waals surface area contributed by atoms with Crippen LogP contribution in [0.2, 0.25) is 0 Å². The number of ether oxygens (including phenoxy) is 4. The third kappa shape index (κ3) is 2.24. The topological polar surface area (TPSA) is 74.2 Å². The van der Waals surface area contributed by atoms with Crippen molar-refractivity contribution in [1.29, 1.82) is 0 Å². The van der Waals surface area contributed by atoms with Gasteiger partial charge in [0.25, 0.3) is 0 Å². The summed E-state index contributed by atoms with van der Waals surface area (Å²) in [4.78, 5) is 11.8. The van der Waals surface area contributed by atoms with E-state index < -0.39 is 23.0 Å². The van der Waals surface area contributed by atoms with Crippen LogP contribution in [0, 0.1) is 28.6 Å². The van der Waals surface area contributed by atoms with Crippen LogP contribution in [0.15, 0.2) is 0 Å². The van der Waals surface area contributed by atoms with Gasteiger partial charge in [-0.3, -0.25) is 4.79 Å². The summed E-state index contributed by atoms with van der Waals surface area (Å²) in [6.07, 6.45) is 6.01. The zero-order chi connectivity index (χ0) is 18.9. The molecule has 2 saturated heterocycles. The minimum Gasteiger partial charge on any atom is -0.481 e. The van der Waals surface area contributed by atoms with Crippen molar-refractivity contribution in [2.24, 2.45) is 28.6 Å². The van der Waals surface area contributed by atoms with E-state index in [-0.39, 0.29) is 11.8 Å². The Morgan fingerprint density at radius 2 is 1.41 bits per heavy atom. The lowest BCUT2D eigenvalue weighted by molar-refractivity contribution is -0.301. The van der Waals surface area contributed by atoms with Gasteiger partial charge in [-0.1, -0.05) is 13.8 Å². The van der Waals surface area contributed by atoms with Crippen molar-refractivity contribution in [3.05, 3.63) is 0 Å². The fourth-order valence-corrected chi connectivity index (χ4v) is 7.80. The minimum absolute atomic E-state index is 0.0245. The van der Waals surface area contributed by atoms with Gasteiger partial charge in [-0.25, -0.2) is 0 Å². The van der Waals surface area contributed by atoms with Crippen LogP contribution in [0.5, 0.6) is 0 Å². The lowest BCUT2D eigenvalue weighted by Gasteiger charge is -2.61. The quantitative estimate of drug-likeness (QED) is 0.793. The van der Waals surface area contributed by atoms with E-state index in [0.29, 0.717) is 44.2 Å².